The van der Waals surface area contributed by atoms with E-state index >= 15 is 0 Å². The van der Waals surface area contributed by atoms with Crippen molar-refractivity contribution >= 4 is 17.4 Å². The van der Waals surface area contributed by atoms with E-state index in [0.29, 0.717) is 12.0 Å². The highest BCUT2D eigenvalue weighted by Crippen LogP contribution is 2.21. The number of carbonyl (C=O) groups excluding carboxylic acids is 1. The molecule has 0 radical (unpaired) electrons. The minimum Gasteiger partial charge on any atom is -0.481 e. The summed E-state index contributed by atoms with van der Waals surface area (Å²) in [7, 11) is 0. The number of nitro benzene ring substituents is 1. The Morgan fingerprint density at radius 2 is 1.42 bits per heavy atom. The number of benzene rings is 2. The Bertz CT molecular complexity index is 877. The molecule has 2 aromatic rings. The van der Waals surface area contributed by atoms with Crippen LogP contribution < -0.4 is 0 Å². The lowest BCUT2D eigenvalue weighted by atomic mass is 10.0. The van der Waals surface area contributed by atoms with Crippen molar-refractivity contribution in [1.82, 2.24) is 0 Å². The lowest BCUT2D eigenvalue weighted by Gasteiger charge is -2.01. The number of unbranched alkanes of at least 4 members (excludes halogenated alkanes) is 7. The summed E-state index contributed by atoms with van der Waals surface area (Å²) < 4.78 is 0. The number of para-hydroxylation sites is 1. The van der Waals surface area contributed by atoms with Gasteiger partial charge in [-0.3, -0.25) is 19.7 Å². The van der Waals surface area contributed by atoms with Gasteiger partial charge in [0.15, 0.2) is 5.78 Å². The summed E-state index contributed by atoms with van der Waals surface area (Å²) >= 11 is 0. The maximum Gasteiger partial charge on any atom is 0.303 e. The van der Waals surface area contributed by atoms with Crippen LogP contribution in [0.25, 0.3) is 0 Å². The number of rotatable bonds is 14. The highest BCUT2D eigenvalue weighted by Gasteiger charge is 2.19. The molecule has 0 bridgehead atoms. The van der Waals surface area contributed by atoms with Crippen molar-refractivity contribution in [3.8, 4) is 0 Å². The predicted molar refractivity (Wildman–Crippen MR) is 132 cm³/mol. The average Bonchev–Trinajstić information content (AvgIpc) is 2.83. The molecule has 0 aliphatic carbocycles. The van der Waals surface area contributed by atoms with Gasteiger partial charge in [-0.05, 0) is 31.7 Å². The molecule has 6 nitrogen and oxygen atoms in total. The first kappa shape index (κ1) is 27.8. The fourth-order valence-corrected chi connectivity index (χ4v) is 3.20. The molecular weight excluding hydrogens is 418 g/mol. The third-order valence-electron chi connectivity index (χ3n) is 5.03. The Kier molecular flexibility index (Phi) is 14.5. The van der Waals surface area contributed by atoms with E-state index in [2.05, 4.69) is 19.1 Å². The first-order valence-electron chi connectivity index (χ1n) is 11.7. The van der Waals surface area contributed by atoms with Crippen LogP contribution in [0.1, 0.15) is 87.1 Å². The van der Waals surface area contributed by atoms with Crippen molar-refractivity contribution in [3.05, 3.63) is 88.0 Å². The number of allylic oxidation sites excluding steroid dienone is 2. The van der Waals surface area contributed by atoms with Gasteiger partial charge >= 0.3 is 5.97 Å². The Labute approximate surface area is 196 Å². The van der Waals surface area contributed by atoms with E-state index in [1.165, 1.54) is 57.1 Å². The molecule has 178 valence electrons. The van der Waals surface area contributed by atoms with Crippen LogP contribution in [-0.2, 0) is 4.79 Å². The SMILES string of the molecule is CCCC/C=C\CCCCCCCC(=O)O.O=C(c1ccccc1)c1ccccc1[N+](=O)[O-]. The smallest absolute Gasteiger partial charge is 0.303 e. The van der Waals surface area contributed by atoms with Crippen LogP contribution in [0.2, 0.25) is 0 Å². The molecule has 1 N–H and O–H groups in total. The van der Waals surface area contributed by atoms with E-state index in [4.69, 9.17) is 5.11 Å². The summed E-state index contributed by atoms with van der Waals surface area (Å²) in [6.45, 7) is 2.21. The first-order chi connectivity index (χ1) is 16.0. The second kappa shape index (κ2) is 17.3. The van der Waals surface area contributed by atoms with Gasteiger partial charge in [0, 0.05) is 18.1 Å². The van der Waals surface area contributed by atoms with Crippen molar-refractivity contribution in [2.45, 2.75) is 71.1 Å². The number of carbonyl (C=O) groups is 2. The van der Waals surface area contributed by atoms with Crippen LogP contribution in [0.5, 0.6) is 0 Å². The van der Waals surface area contributed by atoms with Crippen LogP contribution in [0.15, 0.2) is 66.7 Å². The second-order valence-corrected chi connectivity index (χ2v) is 7.78. The standard InChI is InChI=1S/C14H26O2.C13H9NO3/c1-2-3-4-5-6-7-8-9-10-11-12-13-14(15)16;15-13(10-6-2-1-3-7-10)11-8-4-5-9-12(11)14(16)17/h5-6H,2-4,7-13H2,1H3,(H,15,16);1-9H/b6-5-;. The molecule has 2 aromatic carbocycles. The number of nitrogens with zero attached hydrogens (tertiary/aromatic N) is 1. The molecule has 33 heavy (non-hydrogen) atoms. The second-order valence-electron chi connectivity index (χ2n) is 7.78. The number of ketones is 1. The molecule has 0 spiro atoms. The molecule has 6 heteroatoms. The van der Waals surface area contributed by atoms with Crippen LogP contribution >= 0.6 is 0 Å². The quantitative estimate of drug-likeness (QED) is 0.106. The van der Waals surface area contributed by atoms with Crippen LogP contribution in [-0.4, -0.2) is 21.8 Å². The Morgan fingerprint density at radius 1 is 0.848 bits per heavy atom. The van der Waals surface area contributed by atoms with Gasteiger partial charge in [-0.25, -0.2) is 0 Å². The van der Waals surface area contributed by atoms with E-state index < -0.39 is 10.9 Å². The molecule has 0 saturated heterocycles. The van der Waals surface area contributed by atoms with Gasteiger partial charge in [-0.2, -0.15) is 0 Å². The Morgan fingerprint density at radius 3 is 2.06 bits per heavy atom. The van der Waals surface area contributed by atoms with E-state index in [-0.39, 0.29) is 17.0 Å². The molecule has 2 rings (SSSR count). The third kappa shape index (κ3) is 12.4. The van der Waals surface area contributed by atoms with Crippen LogP contribution in [0, 0.1) is 10.1 Å². The van der Waals surface area contributed by atoms with Crippen molar-refractivity contribution in [1.29, 1.82) is 0 Å². The number of hydrogen-bond donors (Lipinski definition) is 1. The highest BCUT2D eigenvalue weighted by atomic mass is 16.6. The lowest BCUT2D eigenvalue weighted by molar-refractivity contribution is -0.385. The lowest BCUT2D eigenvalue weighted by Crippen LogP contribution is -2.04. The van der Waals surface area contributed by atoms with Crippen molar-refractivity contribution in [3.63, 3.8) is 0 Å². The van der Waals surface area contributed by atoms with Gasteiger partial charge in [-0.1, -0.05) is 93.6 Å². The summed E-state index contributed by atoms with van der Waals surface area (Å²) in [6, 6.07) is 14.5. The number of hydrogen-bond acceptors (Lipinski definition) is 4. The molecule has 0 aromatic heterocycles. The molecule has 0 saturated carbocycles. The largest absolute Gasteiger partial charge is 0.481 e. The van der Waals surface area contributed by atoms with E-state index in [9.17, 15) is 19.7 Å². The molecule has 0 aliphatic rings. The number of aliphatic carboxylic acids is 1. The van der Waals surface area contributed by atoms with E-state index in [1.54, 1.807) is 42.5 Å². The van der Waals surface area contributed by atoms with Crippen molar-refractivity contribution in [2.24, 2.45) is 0 Å². The zero-order valence-electron chi connectivity index (χ0n) is 19.4. The van der Waals surface area contributed by atoms with Gasteiger partial charge in [-0.15, -0.1) is 0 Å². The highest BCUT2D eigenvalue weighted by molar-refractivity contribution is 6.11. The maximum absolute atomic E-state index is 12.1. The number of carboxylic acid groups (broad SMARTS) is 1. The predicted octanol–water partition coefficient (Wildman–Crippen LogP) is 7.37. The van der Waals surface area contributed by atoms with Gasteiger partial charge in [0.1, 0.15) is 5.56 Å². The van der Waals surface area contributed by atoms with Gasteiger partial charge in [0.05, 0.1) is 4.92 Å². The summed E-state index contributed by atoms with van der Waals surface area (Å²) in [4.78, 5) is 32.6. The van der Waals surface area contributed by atoms with Crippen molar-refractivity contribution < 1.29 is 19.6 Å². The molecule has 0 unspecified atom stereocenters. The maximum atomic E-state index is 12.1. The summed E-state index contributed by atoms with van der Waals surface area (Å²) in [5.41, 5.74) is 0.395. The number of carboxylic acids is 1. The van der Waals surface area contributed by atoms with Crippen LogP contribution in [0.3, 0.4) is 0 Å². The average molecular weight is 454 g/mol. The van der Waals surface area contributed by atoms with Crippen LogP contribution in [0.4, 0.5) is 5.69 Å². The van der Waals surface area contributed by atoms with Gasteiger partial charge < -0.3 is 5.11 Å². The van der Waals surface area contributed by atoms with Crippen molar-refractivity contribution in [2.75, 3.05) is 0 Å². The Balaban J connectivity index is 0.000000331. The van der Waals surface area contributed by atoms with Gasteiger partial charge in [0.25, 0.3) is 5.69 Å². The third-order valence-corrected chi connectivity index (χ3v) is 5.03. The minimum absolute atomic E-state index is 0.115. The summed E-state index contributed by atoms with van der Waals surface area (Å²) in [5.74, 6) is -1.00. The zero-order chi connectivity index (χ0) is 24.3. The molecule has 0 amide bonds. The van der Waals surface area contributed by atoms with E-state index in [0.717, 1.165) is 12.8 Å². The first-order valence-corrected chi connectivity index (χ1v) is 11.7. The van der Waals surface area contributed by atoms with E-state index in [1.807, 2.05) is 0 Å². The Hall–Kier alpha value is -3.28. The molecule has 0 atom stereocenters. The normalized spacial score (nSPS) is 10.5. The fraction of sp³-hybridized carbons (Fsp3) is 0.407. The fourth-order valence-electron chi connectivity index (χ4n) is 3.20. The molecule has 0 heterocycles. The summed E-state index contributed by atoms with van der Waals surface area (Å²) in [5, 5.41) is 19.3. The van der Waals surface area contributed by atoms with Gasteiger partial charge in [0.2, 0.25) is 0 Å². The summed E-state index contributed by atoms with van der Waals surface area (Å²) in [6.07, 6.45) is 15.4. The topological polar surface area (TPSA) is 97.5 Å². The molecule has 0 fully saturated rings. The number of nitro groups is 1. The molecular formula is C27H35NO5. The minimum atomic E-state index is -0.668. The monoisotopic (exact) mass is 453 g/mol. The zero-order valence-corrected chi connectivity index (χ0v) is 19.4. The molecule has 0 aliphatic heterocycles.